The van der Waals surface area contributed by atoms with Gasteiger partial charge in [-0.1, -0.05) is 12.2 Å². The Kier molecular flexibility index (Phi) is 4.46. The summed E-state index contributed by atoms with van der Waals surface area (Å²) < 4.78 is 0. The zero-order chi connectivity index (χ0) is 12.1. The van der Waals surface area contributed by atoms with Gasteiger partial charge >= 0.3 is 0 Å². The number of benzene rings is 1. The number of nitro benzene ring substituents is 1. The molecular weight excluding hydrogens is 230 g/mol. The predicted molar refractivity (Wildman–Crippen MR) is 62.5 cm³/mol. The number of rotatable bonds is 5. The van der Waals surface area contributed by atoms with Crippen LogP contribution < -0.4 is 0 Å². The monoisotopic (exact) mass is 241 g/mol. The van der Waals surface area contributed by atoms with E-state index in [2.05, 4.69) is 6.58 Å². The normalized spacial score (nSPS) is 12.1. The summed E-state index contributed by atoms with van der Waals surface area (Å²) in [7, 11) is 0. The van der Waals surface area contributed by atoms with E-state index in [1.165, 1.54) is 24.3 Å². The number of hydrogen-bond donors (Lipinski definition) is 1. The Balaban J connectivity index is 2.73. The highest BCUT2D eigenvalue weighted by atomic mass is 35.5. The molecule has 16 heavy (non-hydrogen) atoms. The molecule has 0 radical (unpaired) electrons. The van der Waals surface area contributed by atoms with E-state index in [1.54, 1.807) is 0 Å². The second-order valence-corrected chi connectivity index (χ2v) is 3.72. The van der Waals surface area contributed by atoms with E-state index >= 15 is 0 Å². The Morgan fingerprint density at radius 1 is 1.50 bits per heavy atom. The molecule has 0 fully saturated rings. The quantitative estimate of drug-likeness (QED) is 0.373. The SMILES string of the molecule is C=C(CCl)CC(O)c1ccc([N+](=O)[O-])cc1. The van der Waals surface area contributed by atoms with Crippen LogP contribution in [0.2, 0.25) is 0 Å². The molecule has 1 unspecified atom stereocenters. The van der Waals surface area contributed by atoms with Crippen LogP contribution in [-0.2, 0) is 0 Å². The Morgan fingerprint density at radius 2 is 2.06 bits per heavy atom. The van der Waals surface area contributed by atoms with Crippen LogP contribution in [0.4, 0.5) is 5.69 Å². The highest BCUT2D eigenvalue weighted by Crippen LogP contribution is 2.22. The Hall–Kier alpha value is -1.39. The third kappa shape index (κ3) is 3.32. The molecule has 4 nitrogen and oxygen atoms in total. The van der Waals surface area contributed by atoms with E-state index in [4.69, 9.17) is 11.6 Å². The molecule has 1 N–H and O–H groups in total. The lowest BCUT2D eigenvalue weighted by Crippen LogP contribution is -2.00. The lowest BCUT2D eigenvalue weighted by Gasteiger charge is -2.10. The topological polar surface area (TPSA) is 63.4 Å². The van der Waals surface area contributed by atoms with Crippen LogP contribution in [0.25, 0.3) is 0 Å². The van der Waals surface area contributed by atoms with Crippen molar-refractivity contribution in [2.75, 3.05) is 5.88 Å². The highest BCUT2D eigenvalue weighted by molar-refractivity contribution is 6.19. The Labute approximate surface area is 98.3 Å². The first kappa shape index (κ1) is 12.7. The summed E-state index contributed by atoms with van der Waals surface area (Å²) >= 11 is 5.55. The minimum atomic E-state index is -0.716. The highest BCUT2D eigenvalue weighted by Gasteiger charge is 2.11. The van der Waals surface area contributed by atoms with Crippen molar-refractivity contribution < 1.29 is 10.0 Å². The fraction of sp³-hybridized carbons (Fsp3) is 0.273. The molecule has 0 aliphatic rings. The third-order valence-corrected chi connectivity index (χ3v) is 2.54. The van der Waals surface area contributed by atoms with Crippen molar-refractivity contribution in [3.8, 4) is 0 Å². The van der Waals surface area contributed by atoms with Gasteiger partial charge < -0.3 is 5.11 Å². The number of alkyl halides is 1. The van der Waals surface area contributed by atoms with E-state index < -0.39 is 11.0 Å². The maximum absolute atomic E-state index is 10.4. The van der Waals surface area contributed by atoms with Crippen LogP contribution in [0.15, 0.2) is 36.4 Å². The van der Waals surface area contributed by atoms with E-state index in [-0.39, 0.29) is 5.69 Å². The first-order valence-corrected chi connectivity index (χ1v) is 5.23. The molecule has 0 saturated carbocycles. The van der Waals surface area contributed by atoms with Crippen molar-refractivity contribution in [3.63, 3.8) is 0 Å². The molecule has 86 valence electrons. The number of aliphatic hydroxyl groups excluding tert-OH is 1. The fourth-order valence-corrected chi connectivity index (χ4v) is 1.37. The summed E-state index contributed by atoms with van der Waals surface area (Å²) in [6, 6.07) is 5.79. The van der Waals surface area contributed by atoms with Gasteiger partial charge in [-0.3, -0.25) is 10.1 Å². The molecule has 5 heteroatoms. The van der Waals surface area contributed by atoms with Gasteiger partial charge in [0.05, 0.1) is 11.0 Å². The maximum Gasteiger partial charge on any atom is 0.269 e. The van der Waals surface area contributed by atoms with Gasteiger partial charge in [0.15, 0.2) is 0 Å². The zero-order valence-corrected chi connectivity index (χ0v) is 9.35. The lowest BCUT2D eigenvalue weighted by atomic mass is 10.0. The van der Waals surface area contributed by atoms with Crippen LogP contribution >= 0.6 is 11.6 Å². The molecule has 0 aliphatic heterocycles. The van der Waals surface area contributed by atoms with E-state index in [0.29, 0.717) is 17.9 Å². The molecule has 0 saturated heterocycles. The largest absolute Gasteiger partial charge is 0.388 e. The minimum Gasteiger partial charge on any atom is -0.388 e. The van der Waals surface area contributed by atoms with Crippen LogP contribution in [-0.4, -0.2) is 15.9 Å². The molecular formula is C11H12ClNO3. The average molecular weight is 242 g/mol. The smallest absolute Gasteiger partial charge is 0.269 e. The number of nitrogens with zero attached hydrogens (tertiary/aromatic N) is 1. The minimum absolute atomic E-state index is 0.00659. The van der Waals surface area contributed by atoms with Crippen molar-refractivity contribution >= 4 is 17.3 Å². The van der Waals surface area contributed by atoms with E-state index in [9.17, 15) is 15.2 Å². The van der Waals surface area contributed by atoms with Crippen molar-refractivity contribution in [2.24, 2.45) is 0 Å². The molecule has 0 aromatic heterocycles. The summed E-state index contributed by atoms with van der Waals surface area (Å²) in [6.45, 7) is 3.68. The van der Waals surface area contributed by atoms with Gasteiger partial charge in [-0.25, -0.2) is 0 Å². The molecule has 1 aromatic rings. The molecule has 0 spiro atoms. The van der Waals surface area contributed by atoms with Crippen LogP contribution in [0.5, 0.6) is 0 Å². The summed E-state index contributed by atoms with van der Waals surface area (Å²) in [5.41, 5.74) is 1.36. The lowest BCUT2D eigenvalue weighted by molar-refractivity contribution is -0.384. The molecule has 0 bridgehead atoms. The second-order valence-electron chi connectivity index (χ2n) is 3.45. The number of non-ortho nitro benzene ring substituents is 1. The molecule has 1 atom stereocenters. The molecule has 0 aliphatic carbocycles. The van der Waals surface area contributed by atoms with Crippen LogP contribution in [0.1, 0.15) is 18.1 Å². The van der Waals surface area contributed by atoms with Gasteiger partial charge in [0, 0.05) is 18.0 Å². The van der Waals surface area contributed by atoms with Crippen LogP contribution in [0.3, 0.4) is 0 Å². The summed E-state index contributed by atoms with van der Waals surface area (Å²) in [5, 5.41) is 20.2. The van der Waals surface area contributed by atoms with Gasteiger partial charge in [-0.15, -0.1) is 11.6 Å². The van der Waals surface area contributed by atoms with Crippen molar-refractivity contribution in [2.45, 2.75) is 12.5 Å². The van der Waals surface area contributed by atoms with Gasteiger partial charge in [-0.05, 0) is 24.1 Å². The fourth-order valence-electron chi connectivity index (χ4n) is 1.26. The van der Waals surface area contributed by atoms with Crippen LogP contribution in [0, 0.1) is 10.1 Å². The predicted octanol–water partition coefficient (Wildman–Crippen LogP) is 2.81. The first-order chi connectivity index (χ1) is 7.54. The number of hydrogen-bond acceptors (Lipinski definition) is 3. The molecule has 0 amide bonds. The van der Waals surface area contributed by atoms with E-state index in [0.717, 1.165) is 5.57 Å². The van der Waals surface area contributed by atoms with Crippen molar-refractivity contribution in [1.82, 2.24) is 0 Å². The zero-order valence-electron chi connectivity index (χ0n) is 8.60. The molecule has 0 heterocycles. The average Bonchev–Trinajstić information content (AvgIpc) is 2.28. The number of halogens is 1. The van der Waals surface area contributed by atoms with Crippen molar-refractivity contribution in [1.29, 1.82) is 0 Å². The van der Waals surface area contributed by atoms with Gasteiger partial charge in [0.25, 0.3) is 5.69 Å². The number of aliphatic hydroxyl groups is 1. The number of nitro groups is 1. The van der Waals surface area contributed by atoms with E-state index in [1.807, 2.05) is 0 Å². The summed E-state index contributed by atoms with van der Waals surface area (Å²) in [6.07, 6.45) is -0.353. The third-order valence-electron chi connectivity index (χ3n) is 2.16. The second kappa shape index (κ2) is 5.63. The Morgan fingerprint density at radius 3 is 2.50 bits per heavy atom. The molecule has 1 rings (SSSR count). The standard InChI is InChI=1S/C11H12ClNO3/c1-8(7-12)6-11(14)9-2-4-10(5-3-9)13(15)16/h2-5,11,14H,1,6-7H2. The first-order valence-electron chi connectivity index (χ1n) is 4.69. The summed E-state index contributed by atoms with van der Waals surface area (Å²) in [5.74, 6) is 0.296. The van der Waals surface area contributed by atoms with Gasteiger partial charge in [0.1, 0.15) is 0 Å². The maximum atomic E-state index is 10.4. The van der Waals surface area contributed by atoms with Gasteiger partial charge in [-0.2, -0.15) is 0 Å². The van der Waals surface area contributed by atoms with Crippen molar-refractivity contribution in [3.05, 3.63) is 52.1 Å². The molecule has 1 aromatic carbocycles. The van der Waals surface area contributed by atoms with Gasteiger partial charge in [0.2, 0.25) is 0 Å². The summed E-state index contributed by atoms with van der Waals surface area (Å²) in [4.78, 5) is 9.94. The Bertz CT molecular complexity index is 389.